The van der Waals surface area contributed by atoms with Gasteiger partial charge < -0.3 is 10.2 Å². The van der Waals surface area contributed by atoms with Crippen LogP contribution in [0.1, 0.15) is 5.69 Å². The fourth-order valence-electron chi connectivity index (χ4n) is 1.84. The Kier molecular flexibility index (Phi) is 4.62. The van der Waals surface area contributed by atoms with Crippen LogP contribution >= 0.6 is 0 Å². The maximum absolute atomic E-state index is 9.36. The van der Waals surface area contributed by atoms with Gasteiger partial charge in [-0.2, -0.15) is 0 Å². The summed E-state index contributed by atoms with van der Waals surface area (Å²) < 4.78 is 1.71. The number of benzene rings is 1. The van der Waals surface area contributed by atoms with Gasteiger partial charge in [-0.3, -0.25) is 4.90 Å². The van der Waals surface area contributed by atoms with Gasteiger partial charge in [0.25, 0.3) is 0 Å². The van der Waals surface area contributed by atoms with E-state index >= 15 is 0 Å². The normalized spacial score (nSPS) is 12.8. The van der Waals surface area contributed by atoms with Gasteiger partial charge in [0.1, 0.15) is 0 Å². The lowest BCUT2D eigenvalue weighted by Gasteiger charge is -2.17. The van der Waals surface area contributed by atoms with Gasteiger partial charge in [0, 0.05) is 13.1 Å². The van der Waals surface area contributed by atoms with Crippen molar-refractivity contribution in [1.82, 2.24) is 19.9 Å². The second-order valence-corrected chi connectivity index (χ2v) is 4.52. The third kappa shape index (κ3) is 3.85. The highest BCUT2D eigenvalue weighted by molar-refractivity contribution is 5.29. The van der Waals surface area contributed by atoms with Crippen molar-refractivity contribution in [2.45, 2.75) is 12.6 Å². The molecule has 6 nitrogen and oxygen atoms in total. The standard InChI is InChI=1S/C13H18N4O2/c1-16(9-13(19)10-18)7-11-8-17(15-14-11)12-5-3-2-4-6-12/h2-6,8,13,18-19H,7,9-10H2,1H3/t13-/m0/s1. The Morgan fingerprint density at radius 2 is 2.05 bits per heavy atom. The van der Waals surface area contributed by atoms with Crippen molar-refractivity contribution in [3.8, 4) is 5.69 Å². The molecule has 0 aliphatic heterocycles. The van der Waals surface area contributed by atoms with Gasteiger partial charge in [0.15, 0.2) is 0 Å². The molecule has 6 heteroatoms. The van der Waals surface area contributed by atoms with Crippen LogP contribution in [-0.2, 0) is 6.54 Å². The van der Waals surface area contributed by atoms with Crippen molar-refractivity contribution >= 4 is 0 Å². The molecule has 0 bridgehead atoms. The summed E-state index contributed by atoms with van der Waals surface area (Å²) in [5, 5.41) is 26.3. The lowest BCUT2D eigenvalue weighted by molar-refractivity contribution is 0.0645. The number of aliphatic hydroxyl groups is 2. The first kappa shape index (κ1) is 13.7. The first-order valence-electron chi connectivity index (χ1n) is 6.13. The van der Waals surface area contributed by atoms with Crippen molar-refractivity contribution in [3.05, 3.63) is 42.2 Å². The maximum Gasteiger partial charge on any atom is 0.0971 e. The van der Waals surface area contributed by atoms with Crippen LogP contribution in [0.5, 0.6) is 0 Å². The molecule has 19 heavy (non-hydrogen) atoms. The Hall–Kier alpha value is -1.76. The van der Waals surface area contributed by atoms with E-state index in [0.29, 0.717) is 13.1 Å². The number of nitrogens with zero attached hydrogens (tertiary/aromatic N) is 4. The van der Waals surface area contributed by atoms with Gasteiger partial charge in [0.05, 0.1) is 30.3 Å². The molecule has 0 aliphatic carbocycles. The van der Waals surface area contributed by atoms with Gasteiger partial charge in [-0.1, -0.05) is 23.4 Å². The van der Waals surface area contributed by atoms with E-state index in [2.05, 4.69) is 10.3 Å². The van der Waals surface area contributed by atoms with Crippen LogP contribution in [0.3, 0.4) is 0 Å². The monoisotopic (exact) mass is 262 g/mol. The SMILES string of the molecule is CN(Cc1cn(-c2ccccc2)nn1)C[C@H](O)CO. The number of aromatic nitrogens is 3. The Balaban J connectivity index is 1.98. The zero-order valence-corrected chi connectivity index (χ0v) is 10.8. The highest BCUT2D eigenvalue weighted by atomic mass is 16.3. The van der Waals surface area contributed by atoms with Gasteiger partial charge in [-0.15, -0.1) is 5.10 Å². The minimum atomic E-state index is -0.728. The summed E-state index contributed by atoms with van der Waals surface area (Å²) in [6.07, 6.45) is 1.13. The average Bonchev–Trinajstić information content (AvgIpc) is 2.88. The quantitative estimate of drug-likeness (QED) is 0.769. The zero-order chi connectivity index (χ0) is 13.7. The van der Waals surface area contributed by atoms with Crippen LogP contribution in [0.25, 0.3) is 5.69 Å². The van der Waals surface area contributed by atoms with Crippen LogP contribution in [0.15, 0.2) is 36.5 Å². The van der Waals surface area contributed by atoms with Crippen LogP contribution in [0.4, 0.5) is 0 Å². The smallest absolute Gasteiger partial charge is 0.0971 e. The Morgan fingerprint density at radius 3 is 2.74 bits per heavy atom. The summed E-state index contributed by atoms with van der Waals surface area (Å²) in [5.74, 6) is 0. The molecule has 1 aromatic heterocycles. The highest BCUT2D eigenvalue weighted by Crippen LogP contribution is 2.07. The zero-order valence-electron chi connectivity index (χ0n) is 10.8. The number of hydrogen-bond donors (Lipinski definition) is 2. The average molecular weight is 262 g/mol. The second kappa shape index (κ2) is 6.42. The molecule has 0 unspecified atom stereocenters. The van der Waals surface area contributed by atoms with E-state index in [4.69, 9.17) is 5.11 Å². The van der Waals surface area contributed by atoms with Crippen molar-refractivity contribution in [2.75, 3.05) is 20.2 Å². The van der Waals surface area contributed by atoms with E-state index in [9.17, 15) is 5.11 Å². The molecule has 0 radical (unpaired) electrons. The third-order valence-electron chi connectivity index (χ3n) is 2.73. The van der Waals surface area contributed by atoms with E-state index in [0.717, 1.165) is 11.4 Å². The summed E-state index contributed by atoms with van der Waals surface area (Å²) in [6, 6.07) is 9.75. The first-order valence-corrected chi connectivity index (χ1v) is 6.13. The lowest BCUT2D eigenvalue weighted by Crippen LogP contribution is -2.31. The van der Waals surface area contributed by atoms with Gasteiger partial charge in [-0.05, 0) is 19.2 Å². The summed E-state index contributed by atoms with van der Waals surface area (Å²) >= 11 is 0. The first-order chi connectivity index (χ1) is 9.19. The Bertz CT molecular complexity index is 500. The van der Waals surface area contributed by atoms with E-state index in [1.54, 1.807) is 4.68 Å². The van der Waals surface area contributed by atoms with Crippen LogP contribution in [0.2, 0.25) is 0 Å². The Labute approximate surface area is 111 Å². The number of para-hydroxylation sites is 1. The summed E-state index contributed by atoms with van der Waals surface area (Å²) in [4.78, 5) is 1.89. The van der Waals surface area contributed by atoms with E-state index in [-0.39, 0.29) is 6.61 Å². The topological polar surface area (TPSA) is 74.4 Å². The molecule has 2 rings (SSSR count). The van der Waals surface area contributed by atoms with E-state index in [1.807, 2.05) is 48.5 Å². The summed E-state index contributed by atoms with van der Waals surface area (Å²) in [7, 11) is 1.86. The van der Waals surface area contributed by atoms with Crippen molar-refractivity contribution in [2.24, 2.45) is 0 Å². The molecular weight excluding hydrogens is 244 g/mol. The van der Waals surface area contributed by atoms with E-state index in [1.165, 1.54) is 0 Å². The lowest BCUT2D eigenvalue weighted by atomic mass is 10.3. The highest BCUT2D eigenvalue weighted by Gasteiger charge is 2.09. The molecule has 0 spiro atoms. The minimum absolute atomic E-state index is 0.235. The molecule has 2 aromatic rings. The fraction of sp³-hybridized carbons (Fsp3) is 0.385. The molecule has 1 aromatic carbocycles. The summed E-state index contributed by atoms with van der Waals surface area (Å²) in [5.41, 5.74) is 1.77. The van der Waals surface area contributed by atoms with Crippen molar-refractivity contribution in [1.29, 1.82) is 0 Å². The van der Waals surface area contributed by atoms with Gasteiger partial charge in [0.2, 0.25) is 0 Å². The fourth-order valence-corrected chi connectivity index (χ4v) is 1.84. The molecule has 102 valence electrons. The number of rotatable bonds is 6. The van der Waals surface area contributed by atoms with Crippen LogP contribution < -0.4 is 0 Å². The molecule has 2 N–H and O–H groups in total. The minimum Gasteiger partial charge on any atom is -0.394 e. The molecule has 0 saturated heterocycles. The van der Waals surface area contributed by atoms with Crippen molar-refractivity contribution < 1.29 is 10.2 Å². The molecule has 0 amide bonds. The molecule has 1 heterocycles. The Morgan fingerprint density at radius 1 is 1.32 bits per heavy atom. The maximum atomic E-state index is 9.36. The number of hydrogen-bond acceptors (Lipinski definition) is 5. The van der Waals surface area contributed by atoms with Crippen molar-refractivity contribution in [3.63, 3.8) is 0 Å². The van der Waals surface area contributed by atoms with Crippen LogP contribution in [0, 0.1) is 0 Å². The van der Waals surface area contributed by atoms with Gasteiger partial charge in [-0.25, -0.2) is 4.68 Å². The predicted molar refractivity (Wildman–Crippen MR) is 70.8 cm³/mol. The molecule has 0 fully saturated rings. The van der Waals surface area contributed by atoms with Crippen LogP contribution in [-0.4, -0.2) is 56.4 Å². The molecule has 0 saturated carbocycles. The number of aliphatic hydroxyl groups excluding tert-OH is 2. The molecule has 0 aliphatic rings. The van der Waals surface area contributed by atoms with E-state index < -0.39 is 6.10 Å². The third-order valence-corrected chi connectivity index (χ3v) is 2.73. The molecular formula is C13H18N4O2. The largest absolute Gasteiger partial charge is 0.394 e. The van der Waals surface area contributed by atoms with Gasteiger partial charge >= 0.3 is 0 Å². The molecule has 1 atom stereocenters. The second-order valence-electron chi connectivity index (χ2n) is 4.52. The number of likely N-dealkylation sites (N-methyl/N-ethyl adjacent to an activating group) is 1. The summed E-state index contributed by atoms with van der Waals surface area (Å²) in [6.45, 7) is 0.736. The predicted octanol–water partition coefficient (Wildman–Crippen LogP) is 0.0523.